The zero-order valence-corrected chi connectivity index (χ0v) is 13.3. The number of halogens is 1. The first-order valence-electron chi connectivity index (χ1n) is 6.35. The van der Waals surface area contributed by atoms with E-state index in [1.54, 1.807) is 7.11 Å². The molecule has 0 fully saturated rings. The van der Waals surface area contributed by atoms with Crippen LogP contribution in [-0.4, -0.2) is 40.6 Å². The third-order valence-corrected chi connectivity index (χ3v) is 3.29. The van der Waals surface area contributed by atoms with Crippen LogP contribution in [0.5, 0.6) is 5.75 Å². The fourth-order valence-corrected chi connectivity index (χ4v) is 1.94. The van der Waals surface area contributed by atoms with Crippen molar-refractivity contribution in [1.82, 2.24) is 5.32 Å². The third kappa shape index (κ3) is 5.91. The molecular formula is C14H22BrNO3. The Morgan fingerprint density at radius 3 is 2.63 bits per heavy atom. The van der Waals surface area contributed by atoms with Crippen LogP contribution in [0, 0.1) is 0 Å². The van der Waals surface area contributed by atoms with Gasteiger partial charge in [0.2, 0.25) is 0 Å². The van der Waals surface area contributed by atoms with Crippen molar-refractivity contribution < 1.29 is 14.2 Å². The quantitative estimate of drug-likeness (QED) is 0.706. The molecule has 1 N–H and O–H groups in total. The van der Waals surface area contributed by atoms with E-state index in [9.17, 15) is 0 Å². The summed E-state index contributed by atoms with van der Waals surface area (Å²) in [7, 11) is 3.59. The molecule has 0 saturated heterocycles. The minimum absolute atomic E-state index is 0.248. The molecule has 0 spiro atoms. The normalized spacial score (nSPS) is 12.4. The molecule has 0 saturated carbocycles. The maximum Gasteiger partial charge on any atom is 0.125 e. The predicted molar refractivity (Wildman–Crippen MR) is 79.8 cm³/mol. The van der Waals surface area contributed by atoms with Crippen molar-refractivity contribution in [2.45, 2.75) is 13.0 Å². The lowest BCUT2D eigenvalue weighted by Gasteiger charge is -2.17. The van der Waals surface area contributed by atoms with Gasteiger partial charge in [0.05, 0.1) is 19.8 Å². The first kappa shape index (κ1) is 16.4. The van der Waals surface area contributed by atoms with Crippen molar-refractivity contribution in [2.75, 3.05) is 40.6 Å². The Balaban J connectivity index is 2.49. The Morgan fingerprint density at radius 1 is 1.21 bits per heavy atom. The highest BCUT2D eigenvalue weighted by Crippen LogP contribution is 2.28. The fourth-order valence-electron chi connectivity index (χ4n) is 1.60. The second-order valence-corrected chi connectivity index (χ2v) is 5.06. The molecule has 0 aliphatic carbocycles. The monoisotopic (exact) mass is 331 g/mol. The molecule has 0 aliphatic heterocycles. The van der Waals surface area contributed by atoms with E-state index in [4.69, 9.17) is 14.2 Å². The van der Waals surface area contributed by atoms with Crippen molar-refractivity contribution in [3.8, 4) is 5.75 Å². The van der Waals surface area contributed by atoms with Gasteiger partial charge in [-0.3, -0.25) is 0 Å². The van der Waals surface area contributed by atoms with Crippen LogP contribution in [0.2, 0.25) is 0 Å². The number of hydrogen-bond acceptors (Lipinski definition) is 4. The number of benzene rings is 1. The van der Waals surface area contributed by atoms with Crippen molar-refractivity contribution in [2.24, 2.45) is 0 Å². The summed E-state index contributed by atoms with van der Waals surface area (Å²) >= 11 is 3.46. The Hall–Kier alpha value is -0.620. The van der Waals surface area contributed by atoms with Crippen LogP contribution in [0.3, 0.4) is 0 Å². The van der Waals surface area contributed by atoms with Gasteiger partial charge >= 0.3 is 0 Å². The van der Waals surface area contributed by atoms with E-state index < -0.39 is 0 Å². The lowest BCUT2D eigenvalue weighted by Crippen LogP contribution is -2.15. The molecular weight excluding hydrogens is 310 g/mol. The second-order valence-electron chi connectivity index (χ2n) is 4.15. The van der Waals surface area contributed by atoms with Crippen LogP contribution in [-0.2, 0) is 9.47 Å². The lowest BCUT2D eigenvalue weighted by molar-refractivity contribution is 0.0542. The SMILES string of the molecule is CNC(C)c1ccc(Br)cc1OCCOCCOC. The molecule has 4 nitrogen and oxygen atoms in total. The number of rotatable bonds is 9. The van der Waals surface area contributed by atoms with E-state index in [-0.39, 0.29) is 6.04 Å². The molecule has 19 heavy (non-hydrogen) atoms. The zero-order chi connectivity index (χ0) is 14.1. The highest BCUT2D eigenvalue weighted by molar-refractivity contribution is 9.10. The molecule has 0 aliphatic rings. The fraction of sp³-hybridized carbons (Fsp3) is 0.571. The van der Waals surface area contributed by atoms with Gasteiger partial charge in [-0.2, -0.15) is 0 Å². The molecule has 5 heteroatoms. The van der Waals surface area contributed by atoms with Crippen LogP contribution >= 0.6 is 15.9 Å². The van der Waals surface area contributed by atoms with Gasteiger partial charge in [-0.15, -0.1) is 0 Å². The highest BCUT2D eigenvalue weighted by Gasteiger charge is 2.10. The molecule has 1 aromatic carbocycles. The van der Waals surface area contributed by atoms with Crippen LogP contribution in [0.25, 0.3) is 0 Å². The summed E-state index contributed by atoms with van der Waals surface area (Å²) in [4.78, 5) is 0. The maximum atomic E-state index is 5.79. The van der Waals surface area contributed by atoms with E-state index in [0.717, 1.165) is 15.8 Å². The summed E-state index contributed by atoms with van der Waals surface area (Å²) in [6.45, 7) is 4.40. The van der Waals surface area contributed by atoms with Gasteiger partial charge in [0.1, 0.15) is 12.4 Å². The molecule has 1 atom stereocenters. The Morgan fingerprint density at radius 2 is 1.95 bits per heavy atom. The summed E-state index contributed by atoms with van der Waals surface area (Å²) in [6, 6.07) is 6.31. The minimum Gasteiger partial charge on any atom is -0.491 e. The molecule has 0 aromatic heterocycles. The molecule has 1 aromatic rings. The largest absolute Gasteiger partial charge is 0.491 e. The van der Waals surface area contributed by atoms with E-state index in [0.29, 0.717) is 26.4 Å². The number of ether oxygens (including phenoxy) is 3. The summed E-state index contributed by atoms with van der Waals surface area (Å²) in [6.07, 6.45) is 0. The average Bonchev–Trinajstić information content (AvgIpc) is 2.42. The minimum atomic E-state index is 0.248. The summed E-state index contributed by atoms with van der Waals surface area (Å²) < 4.78 is 17.1. The van der Waals surface area contributed by atoms with Crippen molar-refractivity contribution in [1.29, 1.82) is 0 Å². The van der Waals surface area contributed by atoms with Gasteiger partial charge < -0.3 is 19.5 Å². The van der Waals surface area contributed by atoms with Gasteiger partial charge in [0.25, 0.3) is 0 Å². The molecule has 0 amide bonds. The van der Waals surface area contributed by atoms with Gasteiger partial charge in [-0.1, -0.05) is 22.0 Å². The van der Waals surface area contributed by atoms with Crippen molar-refractivity contribution >= 4 is 15.9 Å². The predicted octanol–water partition coefficient (Wildman–Crippen LogP) is 2.77. The number of methoxy groups -OCH3 is 1. The Bertz CT molecular complexity index is 374. The standard InChI is InChI=1S/C14H22BrNO3/c1-11(16-2)13-5-4-12(15)10-14(13)19-9-8-18-7-6-17-3/h4-5,10-11,16H,6-9H2,1-3H3. The van der Waals surface area contributed by atoms with E-state index in [1.807, 2.05) is 19.2 Å². The van der Waals surface area contributed by atoms with Gasteiger partial charge in [0.15, 0.2) is 0 Å². The third-order valence-electron chi connectivity index (χ3n) is 2.79. The molecule has 1 unspecified atom stereocenters. The number of nitrogens with one attached hydrogen (secondary N) is 1. The van der Waals surface area contributed by atoms with Crippen molar-refractivity contribution in [3.63, 3.8) is 0 Å². The molecule has 0 radical (unpaired) electrons. The number of hydrogen-bond donors (Lipinski definition) is 1. The highest BCUT2D eigenvalue weighted by atomic mass is 79.9. The smallest absolute Gasteiger partial charge is 0.125 e. The molecule has 1 rings (SSSR count). The first-order valence-corrected chi connectivity index (χ1v) is 7.14. The van der Waals surface area contributed by atoms with Gasteiger partial charge in [-0.05, 0) is 26.1 Å². The first-order chi connectivity index (χ1) is 9.19. The van der Waals surface area contributed by atoms with Gasteiger partial charge in [-0.25, -0.2) is 0 Å². The molecule has 108 valence electrons. The van der Waals surface area contributed by atoms with Crippen LogP contribution in [0.1, 0.15) is 18.5 Å². The average molecular weight is 332 g/mol. The van der Waals surface area contributed by atoms with Crippen LogP contribution in [0.15, 0.2) is 22.7 Å². The summed E-state index contributed by atoms with van der Waals surface area (Å²) in [5.41, 5.74) is 1.14. The molecule has 0 heterocycles. The van der Waals surface area contributed by atoms with Crippen molar-refractivity contribution in [3.05, 3.63) is 28.2 Å². The molecule has 0 bridgehead atoms. The summed E-state index contributed by atoms with van der Waals surface area (Å²) in [5, 5.41) is 3.22. The maximum absolute atomic E-state index is 5.79. The topological polar surface area (TPSA) is 39.7 Å². The Kier molecular flexibility index (Phi) is 8.05. The van der Waals surface area contributed by atoms with E-state index >= 15 is 0 Å². The Labute approximate surface area is 123 Å². The summed E-state index contributed by atoms with van der Waals surface area (Å²) in [5.74, 6) is 0.881. The van der Waals surface area contributed by atoms with E-state index in [2.05, 4.69) is 34.2 Å². The van der Waals surface area contributed by atoms with Gasteiger partial charge in [0, 0.05) is 23.2 Å². The van der Waals surface area contributed by atoms with Crippen LogP contribution in [0.4, 0.5) is 0 Å². The van der Waals surface area contributed by atoms with Crippen LogP contribution < -0.4 is 10.1 Å². The zero-order valence-electron chi connectivity index (χ0n) is 11.7. The lowest BCUT2D eigenvalue weighted by atomic mass is 10.1. The second kappa shape index (κ2) is 9.31. The van der Waals surface area contributed by atoms with E-state index in [1.165, 1.54) is 0 Å².